The van der Waals surface area contributed by atoms with E-state index in [0.717, 1.165) is 32.6 Å². The molecule has 11 heteroatoms. The first-order valence-corrected chi connectivity index (χ1v) is 14.4. The Morgan fingerprint density at radius 1 is 1.20 bits per heavy atom. The number of nitrogens with one attached hydrogen (secondary N) is 1. The summed E-state index contributed by atoms with van der Waals surface area (Å²) in [7, 11) is -3.32. The lowest BCUT2D eigenvalue weighted by atomic mass is 9.92. The molecule has 0 spiro atoms. The number of halogens is 2. The number of anilines is 1. The average Bonchev–Trinajstić information content (AvgIpc) is 2.85. The number of sulfonamides is 1. The second kappa shape index (κ2) is 11.5. The van der Waals surface area contributed by atoms with E-state index in [4.69, 9.17) is 32.9 Å². The Balaban J connectivity index is 1.48. The van der Waals surface area contributed by atoms with E-state index >= 15 is 0 Å². The fourth-order valence-electron chi connectivity index (χ4n) is 4.52. The zero-order valence-corrected chi connectivity index (χ0v) is 22.0. The number of carbonyl (C=O) groups excluding carboxylic acids is 1. The van der Waals surface area contributed by atoms with Crippen LogP contribution in [-0.2, 0) is 26.0 Å². The van der Waals surface area contributed by atoms with Crippen LogP contribution < -0.4 is 5.32 Å². The predicted molar refractivity (Wildman–Crippen MR) is 137 cm³/mol. The second-order valence-electron chi connectivity index (χ2n) is 9.22. The summed E-state index contributed by atoms with van der Waals surface area (Å²) in [5.41, 5.74) is 1.67. The number of ether oxygens (including phenoxy) is 1. The Labute approximate surface area is 216 Å². The monoisotopic (exact) mass is 540 g/mol. The van der Waals surface area contributed by atoms with Gasteiger partial charge < -0.3 is 10.1 Å². The molecule has 8 nitrogen and oxygen atoms in total. The summed E-state index contributed by atoms with van der Waals surface area (Å²) in [6.45, 7) is 3.04. The van der Waals surface area contributed by atoms with E-state index in [0.29, 0.717) is 58.1 Å². The highest BCUT2D eigenvalue weighted by molar-refractivity contribution is 7.88. The van der Waals surface area contributed by atoms with E-state index in [2.05, 4.69) is 10.3 Å². The summed E-state index contributed by atoms with van der Waals surface area (Å²) in [4.78, 5) is 22.0. The van der Waals surface area contributed by atoms with Crippen LogP contribution in [0.3, 0.4) is 0 Å². The summed E-state index contributed by atoms with van der Waals surface area (Å²) >= 11 is 12.9. The van der Waals surface area contributed by atoms with Crippen molar-refractivity contribution in [3.05, 3.63) is 40.1 Å². The van der Waals surface area contributed by atoms with Crippen LogP contribution >= 0.6 is 23.2 Å². The third-order valence-electron chi connectivity index (χ3n) is 6.59. The number of carbonyl (C=O) groups is 1. The van der Waals surface area contributed by atoms with Gasteiger partial charge in [-0.25, -0.2) is 17.7 Å². The first kappa shape index (κ1) is 26.3. The van der Waals surface area contributed by atoms with Crippen LogP contribution in [-0.4, -0.2) is 67.6 Å². The van der Waals surface area contributed by atoms with Gasteiger partial charge in [0.1, 0.15) is 11.6 Å². The van der Waals surface area contributed by atoms with Gasteiger partial charge in [0.15, 0.2) is 0 Å². The maximum Gasteiger partial charge on any atom is 0.211 e. The summed E-state index contributed by atoms with van der Waals surface area (Å²) in [5.74, 6) is 0.846. The number of Topliss-reactive ketones (excluding diaryl/α,β-unsaturated/α-hetero) is 1. The van der Waals surface area contributed by atoms with Crippen LogP contribution in [0.4, 0.5) is 5.82 Å². The molecule has 0 radical (unpaired) electrons. The van der Waals surface area contributed by atoms with Gasteiger partial charge in [0.25, 0.3) is 0 Å². The minimum Gasteiger partial charge on any atom is -0.381 e. The lowest BCUT2D eigenvalue weighted by molar-refractivity contribution is -0.123. The van der Waals surface area contributed by atoms with E-state index in [9.17, 15) is 13.2 Å². The molecule has 0 saturated carbocycles. The highest BCUT2D eigenvalue weighted by Crippen LogP contribution is 2.33. The van der Waals surface area contributed by atoms with Gasteiger partial charge in [0.2, 0.25) is 10.0 Å². The standard InChI is InChI=1S/C24H30Cl2N4O4S/c1-35(32,33)30-8-2-3-17(15-30)22(31)12-18-11-19(21(26)14-27-18)24-20(25)4-5-23(29-24)28-13-16-6-9-34-10-7-16/h4-5,11,14,16-17H,2-3,6-10,12-13,15H2,1H3,(H,28,29)/t17-/m0/s1. The number of rotatable bonds is 8. The van der Waals surface area contributed by atoms with E-state index in [1.54, 1.807) is 12.1 Å². The molecule has 4 rings (SSSR count). The van der Waals surface area contributed by atoms with Crippen molar-refractivity contribution in [2.45, 2.75) is 32.1 Å². The molecule has 35 heavy (non-hydrogen) atoms. The molecule has 2 aliphatic heterocycles. The van der Waals surface area contributed by atoms with Crippen LogP contribution in [0.5, 0.6) is 0 Å². The number of pyridine rings is 2. The summed E-state index contributed by atoms with van der Waals surface area (Å²) in [6.07, 6.45) is 6.13. The predicted octanol–water partition coefficient (Wildman–Crippen LogP) is 4.07. The lowest BCUT2D eigenvalue weighted by Crippen LogP contribution is -2.42. The normalized spacial score (nSPS) is 20.0. The average molecular weight is 542 g/mol. The third-order valence-corrected chi connectivity index (χ3v) is 8.47. The van der Waals surface area contributed by atoms with Crippen molar-refractivity contribution in [3.8, 4) is 11.3 Å². The number of hydrogen-bond donors (Lipinski definition) is 1. The van der Waals surface area contributed by atoms with Gasteiger partial charge in [0.05, 0.1) is 22.0 Å². The number of nitrogens with zero attached hydrogens (tertiary/aromatic N) is 3. The second-order valence-corrected chi connectivity index (χ2v) is 12.0. The molecular formula is C24H30Cl2N4O4S. The molecule has 2 aromatic heterocycles. The number of ketones is 1. The first-order valence-electron chi connectivity index (χ1n) is 11.8. The smallest absolute Gasteiger partial charge is 0.211 e. The van der Waals surface area contributed by atoms with E-state index < -0.39 is 10.0 Å². The lowest BCUT2D eigenvalue weighted by Gasteiger charge is -2.30. The Morgan fingerprint density at radius 2 is 1.97 bits per heavy atom. The maximum atomic E-state index is 13.0. The highest BCUT2D eigenvalue weighted by atomic mass is 35.5. The van der Waals surface area contributed by atoms with Crippen molar-refractivity contribution in [3.63, 3.8) is 0 Å². The molecule has 1 N–H and O–H groups in total. The van der Waals surface area contributed by atoms with Gasteiger partial charge in [-0.2, -0.15) is 0 Å². The summed E-state index contributed by atoms with van der Waals surface area (Å²) in [6, 6.07) is 5.36. The van der Waals surface area contributed by atoms with Crippen molar-refractivity contribution in [2.75, 3.05) is 44.4 Å². The molecule has 2 aliphatic rings. The van der Waals surface area contributed by atoms with Gasteiger partial charge in [-0.3, -0.25) is 9.78 Å². The largest absolute Gasteiger partial charge is 0.381 e. The van der Waals surface area contributed by atoms with Crippen molar-refractivity contribution in [1.29, 1.82) is 0 Å². The topological polar surface area (TPSA) is 101 Å². The Morgan fingerprint density at radius 3 is 2.71 bits per heavy atom. The molecule has 0 amide bonds. The Kier molecular flexibility index (Phi) is 8.65. The molecule has 0 aliphatic carbocycles. The zero-order chi connectivity index (χ0) is 25.0. The number of piperidine rings is 1. The first-order chi connectivity index (χ1) is 16.7. The minimum atomic E-state index is -3.32. The Bertz CT molecular complexity index is 1170. The van der Waals surface area contributed by atoms with Crippen LogP contribution in [0.2, 0.25) is 10.0 Å². The third kappa shape index (κ3) is 6.92. The molecular weight excluding hydrogens is 511 g/mol. The minimum absolute atomic E-state index is 0.0370. The SMILES string of the molecule is CS(=O)(=O)N1CCC[C@H](C(=O)Cc2cc(-c3nc(NCC4CCOCC4)ccc3Cl)c(Cl)cn2)C1. The van der Waals surface area contributed by atoms with Gasteiger partial charge in [-0.15, -0.1) is 0 Å². The number of aromatic nitrogens is 2. The van der Waals surface area contributed by atoms with Crippen molar-refractivity contribution >= 4 is 44.8 Å². The molecule has 2 fully saturated rings. The summed E-state index contributed by atoms with van der Waals surface area (Å²) < 4.78 is 30.6. The molecule has 0 aromatic carbocycles. The van der Waals surface area contributed by atoms with Crippen LogP contribution in [0.1, 0.15) is 31.4 Å². The maximum absolute atomic E-state index is 13.0. The molecule has 4 heterocycles. The quantitative estimate of drug-likeness (QED) is 0.538. The fraction of sp³-hybridized carbons (Fsp3) is 0.542. The van der Waals surface area contributed by atoms with Gasteiger partial charge in [-0.05, 0) is 49.8 Å². The van der Waals surface area contributed by atoms with E-state index in [-0.39, 0.29) is 24.7 Å². The van der Waals surface area contributed by atoms with E-state index in [1.807, 2.05) is 6.07 Å². The van der Waals surface area contributed by atoms with Crippen LogP contribution in [0.25, 0.3) is 11.3 Å². The molecule has 2 saturated heterocycles. The highest BCUT2D eigenvalue weighted by Gasteiger charge is 2.30. The Hall–Kier alpha value is -1.78. The fourth-order valence-corrected chi connectivity index (χ4v) is 5.83. The van der Waals surface area contributed by atoms with Crippen molar-refractivity contribution in [1.82, 2.24) is 14.3 Å². The summed E-state index contributed by atoms with van der Waals surface area (Å²) in [5, 5.41) is 4.22. The molecule has 1 atom stereocenters. The molecule has 0 bridgehead atoms. The van der Waals surface area contributed by atoms with Gasteiger partial charge in [0, 0.05) is 62.6 Å². The molecule has 190 valence electrons. The van der Waals surface area contributed by atoms with Crippen LogP contribution in [0, 0.1) is 11.8 Å². The van der Waals surface area contributed by atoms with Gasteiger partial charge in [-0.1, -0.05) is 23.2 Å². The number of hydrogen-bond acceptors (Lipinski definition) is 7. The molecule has 2 aromatic rings. The van der Waals surface area contributed by atoms with Crippen molar-refractivity contribution < 1.29 is 17.9 Å². The van der Waals surface area contributed by atoms with Crippen LogP contribution in [0.15, 0.2) is 24.4 Å². The van der Waals surface area contributed by atoms with E-state index in [1.165, 1.54) is 16.8 Å². The van der Waals surface area contributed by atoms with Gasteiger partial charge >= 0.3 is 0 Å². The zero-order valence-electron chi connectivity index (χ0n) is 19.7. The van der Waals surface area contributed by atoms with Crippen molar-refractivity contribution in [2.24, 2.45) is 11.8 Å². The molecule has 0 unspecified atom stereocenters.